The van der Waals surface area contributed by atoms with Crippen molar-refractivity contribution in [3.8, 4) is 0 Å². The molecule has 0 aromatic heterocycles. The molecule has 0 spiro atoms. The first-order valence-electron chi connectivity index (χ1n) is 5.72. The predicted octanol–water partition coefficient (Wildman–Crippen LogP) is 0.395. The second kappa shape index (κ2) is 4.49. The van der Waals surface area contributed by atoms with Crippen LogP contribution < -0.4 is 0 Å². The first-order chi connectivity index (χ1) is 7.22. The molecule has 1 N–H and O–H groups in total. The summed E-state index contributed by atoms with van der Waals surface area (Å²) < 4.78 is 4.73. The lowest BCUT2D eigenvalue weighted by atomic mass is 9.98. The van der Waals surface area contributed by atoms with E-state index in [1.165, 1.54) is 7.11 Å². The fraction of sp³-hybridized carbons (Fsp3) is 0.909. The van der Waals surface area contributed by atoms with E-state index in [4.69, 9.17) is 4.74 Å². The van der Waals surface area contributed by atoms with Crippen LogP contribution >= 0.6 is 0 Å². The standard InChI is InChI=1S/C11H19NO3/c1-15-11(14)9-5-6-12(9)7-8-3-2-4-10(8)13/h8-10,13H,2-7H2,1H3. The van der Waals surface area contributed by atoms with Crippen molar-refractivity contribution in [2.75, 3.05) is 20.2 Å². The van der Waals surface area contributed by atoms with E-state index in [-0.39, 0.29) is 18.1 Å². The third-order valence-electron chi connectivity index (χ3n) is 3.69. The van der Waals surface area contributed by atoms with Crippen LogP contribution in [0.15, 0.2) is 0 Å². The highest BCUT2D eigenvalue weighted by Gasteiger charge is 2.38. The minimum Gasteiger partial charge on any atom is -0.468 e. The number of ether oxygens (including phenoxy) is 1. The van der Waals surface area contributed by atoms with Gasteiger partial charge < -0.3 is 9.84 Å². The van der Waals surface area contributed by atoms with Gasteiger partial charge in [0, 0.05) is 13.1 Å². The van der Waals surface area contributed by atoms with Crippen LogP contribution in [0.4, 0.5) is 0 Å². The number of aliphatic hydroxyl groups is 1. The number of nitrogens with zero attached hydrogens (tertiary/aromatic N) is 1. The maximum atomic E-state index is 11.3. The number of methoxy groups -OCH3 is 1. The Balaban J connectivity index is 1.82. The van der Waals surface area contributed by atoms with E-state index in [0.29, 0.717) is 5.92 Å². The van der Waals surface area contributed by atoms with E-state index in [9.17, 15) is 9.90 Å². The summed E-state index contributed by atoms with van der Waals surface area (Å²) in [6, 6.07) is -0.0530. The highest BCUT2D eigenvalue weighted by molar-refractivity contribution is 5.76. The van der Waals surface area contributed by atoms with Crippen LogP contribution in [0.2, 0.25) is 0 Å². The molecule has 2 aliphatic rings. The van der Waals surface area contributed by atoms with Gasteiger partial charge in [-0.2, -0.15) is 0 Å². The van der Waals surface area contributed by atoms with Crippen molar-refractivity contribution < 1.29 is 14.6 Å². The second-order valence-electron chi connectivity index (χ2n) is 4.58. The molecular formula is C11H19NO3. The normalized spacial score (nSPS) is 36.3. The van der Waals surface area contributed by atoms with E-state index in [2.05, 4.69) is 4.90 Å². The van der Waals surface area contributed by atoms with E-state index in [1.54, 1.807) is 0 Å². The van der Waals surface area contributed by atoms with Crippen molar-refractivity contribution in [2.45, 2.75) is 37.8 Å². The van der Waals surface area contributed by atoms with Crippen molar-refractivity contribution in [3.05, 3.63) is 0 Å². The van der Waals surface area contributed by atoms with Gasteiger partial charge in [-0.15, -0.1) is 0 Å². The third kappa shape index (κ3) is 2.16. The Kier molecular flexibility index (Phi) is 3.26. The first-order valence-corrected chi connectivity index (χ1v) is 5.72. The summed E-state index contributed by atoms with van der Waals surface area (Å²) in [5.74, 6) is 0.228. The topological polar surface area (TPSA) is 49.8 Å². The molecule has 0 bridgehead atoms. The van der Waals surface area contributed by atoms with Gasteiger partial charge in [-0.25, -0.2) is 0 Å². The summed E-state index contributed by atoms with van der Waals surface area (Å²) in [7, 11) is 1.43. The van der Waals surface area contributed by atoms with Crippen LogP contribution in [-0.2, 0) is 9.53 Å². The number of hydrogen-bond acceptors (Lipinski definition) is 4. The smallest absolute Gasteiger partial charge is 0.323 e. The lowest BCUT2D eigenvalue weighted by molar-refractivity contribution is -0.152. The van der Waals surface area contributed by atoms with Crippen LogP contribution in [0.3, 0.4) is 0 Å². The van der Waals surface area contributed by atoms with Crippen molar-refractivity contribution in [1.29, 1.82) is 0 Å². The highest BCUT2D eigenvalue weighted by Crippen LogP contribution is 2.29. The highest BCUT2D eigenvalue weighted by atomic mass is 16.5. The lowest BCUT2D eigenvalue weighted by Crippen LogP contribution is -2.54. The molecule has 0 aromatic rings. The maximum absolute atomic E-state index is 11.3. The van der Waals surface area contributed by atoms with Gasteiger partial charge in [-0.05, 0) is 25.2 Å². The molecule has 2 fully saturated rings. The molecule has 1 aliphatic heterocycles. The molecular weight excluding hydrogens is 194 g/mol. The van der Waals surface area contributed by atoms with Crippen LogP contribution in [-0.4, -0.2) is 48.3 Å². The van der Waals surface area contributed by atoms with Gasteiger partial charge in [0.1, 0.15) is 6.04 Å². The molecule has 1 aliphatic carbocycles. The predicted molar refractivity (Wildman–Crippen MR) is 55.3 cm³/mol. The van der Waals surface area contributed by atoms with Crippen LogP contribution in [0.5, 0.6) is 0 Å². The van der Waals surface area contributed by atoms with Gasteiger partial charge in [0.15, 0.2) is 0 Å². The summed E-state index contributed by atoms with van der Waals surface area (Å²) in [6.45, 7) is 1.81. The molecule has 4 nitrogen and oxygen atoms in total. The van der Waals surface area contributed by atoms with Crippen molar-refractivity contribution >= 4 is 5.97 Å². The van der Waals surface area contributed by atoms with Crippen molar-refractivity contribution in [1.82, 2.24) is 4.90 Å². The summed E-state index contributed by atoms with van der Waals surface area (Å²) in [5, 5.41) is 9.70. The van der Waals surface area contributed by atoms with Crippen molar-refractivity contribution in [3.63, 3.8) is 0 Å². The fourth-order valence-electron chi connectivity index (χ4n) is 2.59. The Morgan fingerprint density at radius 1 is 1.47 bits per heavy atom. The third-order valence-corrected chi connectivity index (χ3v) is 3.69. The van der Waals surface area contributed by atoms with Gasteiger partial charge in [0.05, 0.1) is 13.2 Å². The molecule has 3 atom stereocenters. The van der Waals surface area contributed by atoms with Crippen LogP contribution in [0.25, 0.3) is 0 Å². The second-order valence-corrected chi connectivity index (χ2v) is 4.58. The molecule has 1 heterocycles. The summed E-state index contributed by atoms with van der Waals surface area (Å²) in [4.78, 5) is 13.5. The molecule has 86 valence electrons. The lowest BCUT2D eigenvalue weighted by Gasteiger charge is -2.40. The van der Waals surface area contributed by atoms with E-state index in [0.717, 1.165) is 38.8 Å². The number of rotatable bonds is 3. The number of aliphatic hydroxyl groups excluding tert-OH is 1. The molecule has 0 aromatic carbocycles. The van der Waals surface area contributed by atoms with Gasteiger partial charge in [-0.3, -0.25) is 9.69 Å². The summed E-state index contributed by atoms with van der Waals surface area (Å²) in [5.41, 5.74) is 0. The van der Waals surface area contributed by atoms with E-state index in [1.807, 2.05) is 0 Å². The Morgan fingerprint density at radius 2 is 2.27 bits per heavy atom. The molecule has 15 heavy (non-hydrogen) atoms. The largest absolute Gasteiger partial charge is 0.468 e. The first kappa shape index (κ1) is 10.9. The van der Waals surface area contributed by atoms with Gasteiger partial charge in [0.25, 0.3) is 0 Å². The SMILES string of the molecule is COC(=O)C1CCN1CC1CCCC1O. The number of carbonyl (C=O) groups excluding carboxylic acids is 1. The number of carbonyl (C=O) groups is 1. The minimum absolute atomic E-state index is 0.0530. The zero-order chi connectivity index (χ0) is 10.8. The average molecular weight is 213 g/mol. The van der Waals surface area contributed by atoms with Crippen LogP contribution in [0.1, 0.15) is 25.7 Å². The van der Waals surface area contributed by atoms with Crippen molar-refractivity contribution in [2.24, 2.45) is 5.92 Å². The molecule has 1 saturated heterocycles. The maximum Gasteiger partial charge on any atom is 0.323 e. The zero-order valence-electron chi connectivity index (χ0n) is 9.19. The Bertz CT molecular complexity index is 244. The molecule has 2 rings (SSSR count). The molecule has 3 unspecified atom stereocenters. The zero-order valence-corrected chi connectivity index (χ0v) is 9.19. The van der Waals surface area contributed by atoms with Gasteiger partial charge in [0.2, 0.25) is 0 Å². The number of esters is 1. The molecule has 0 amide bonds. The van der Waals surface area contributed by atoms with Gasteiger partial charge in [-0.1, -0.05) is 6.42 Å². The minimum atomic E-state index is -0.163. The Hall–Kier alpha value is -0.610. The molecule has 4 heteroatoms. The summed E-state index contributed by atoms with van der Waals surface area (Å²) >= 11 is 0. The average Bonchev–Trinajstić information content (AvgIpc) is 2.58. The number of hydrogen-bond donors (Lipinski definition) is 1. The Morgan fingerprint density at radius 3 is 2.73 bits per heavy atom. The molecule has 1 saturated carbocycles. The van der Waals surface area contributed by atoms with Gasteiger partial charge >= 0.3 is 5.97 Å². The fourth-order valence-corrected chi connectivity index (χ4v) is 2.59. The van der Waals surface area contributed by atoms with E-state index < -0.39 is 0 Å². The number of likely N-dealkylation sites (tertiary alicyclic amines) is 1. The monoisotopic (exact) mass is 213 g/mol. The van der Waals surface area contributed by atoms with E-state index >= 15 is 0 Å². The molecule has 0 radical (unpaired) electrons. The summed E-state index contributed by atoms with van der Waals surface area (Å²) in [6.07, 6.45) is 3.86. The Labute approximate surface area is 90.2 Å². The quantitative estimate of drug-likeness (QED) is 0.689. The van der Waals surface area contributed by atoms with Crippen LogP contribution in [0, 0.1) is 5.92 Å².